The number of likely N-dealkylation sites (tertiary alicyclic amines) is 1. The molecule has 3 N–H and O–H groups in total. The number of rotatable bonds is 3. The second-order valence-electron chi connectivity index (χ2n) is 4.69. The minimum atomic E-state index is 0.582. The van der Waals surface area contributed by atoms with Crippen molar-refractivity contribution in [1.29, 1.82) is 0 Å². The Kier molecular flexibility index (Phi) is 2.86. The van der Waals surface area contributed by atoms with Crippen molar-refractivity contribution in [3.63, 3.8) is 0 Å². The molecule has 1 aliphatic heterocycles. The van der Waals surface area contributed by atoms with E-state index in [1.807, 2.05) is 0 Å². The summed E-state index contributed by atoms with van der Waals surface area (Å²) < 4.78 is 0. The van der Waals surface area contributed by atoms with Gasteiger partial charge in [-0.1, -0.05) is 6.42 Å². The topological polar surface area (TPSA) is 41.3 Å². The molecule has 3 nitrogen and oxygen atoms in total. The molecule has 13 heavy (non-hydrogen) atoms. The van der Waals surface area contributed by atoms with Crippen LogP contribution in [0, 0.1) is 11.8 Å². The molecule has 1 heterocycles. The molecule has 0 spiro atoms. The summed E-state index contributed by atoms with van der Waals surface area (Å²) in [4.78, 5) is 2.41. The van der Waals surface area contributed by atoms with Crippen molar-refractivity contribution in [2.45, 2.75) is 31.7 Å². The van der Waals surface area contributed by atoms with E-state index in [2.05, 4.69) is 17.4 Å². The molecule has 0 amide bonds. The molecule has 1 saturated carbocycles. The van der Waals surface area contributed by atoms with Gasteiger partial charge >= 0.3 is 0 Å². The van der Waals surface area contributed by atoms with E-state index in [-0.39, 0.29) is 0 Å². The fraction of sp³-hybridized carbons (Fsp3) is 1.00. The van der Waals surface area contributed by atoms with Gasteiger partial charge in [0.25, 0.3) is 0 Å². The third kappa shape index (κ3) is 1.87. The highest BCUT2D eigenvalue weighted by Crippen LogP contribution is 2.34. The summed E-state index contributed by atoms with van der Waals surface area (Å²) in [5, 5.41) is 0. The third-order valence-electron chi connectivity index (χ3n) is 3.79. The molecule has 2 fully saturated rings. The molecular weight excluding hydrogens is 162 g/mol. The quantitative estimate of drug-likeness (QED) is 0.496. The Hall–Kier alpha value is -0.120. The molecule has 0 aromatic heterocycles. The number of hydrazine groups is 1. The highest BCUT2D eigenvalue weighted by Gasteiger charge is 2.35. The van der Waals surface area contributed by atoms with Crippen LogP contribution < -0.4 is 11.3 Å². The minimum absolute atomic E-state index is 0.582. The van der Waals surface area contributed by atoms with Crippen LogP contribution in [0.1, 0.15) is 25.7 Å². The fourth-order valence-corrected chi connectivity index (χ4v) is 2.72. The van der Waals surface area contributed by atoms with Crippen LogP contribution in [0.5, 0.6) is 0 Å². The number of nitrogens with two attached hydrogens (primary N) is 1. The standard InChI is InChI=1S/C10H21N3/c1-13-6-5-9(7-13)10(12-11)8-3-2-4-8/h8-10,12H,2-7,11H2,1H3. The van der Waals surface area contributed by atoms with Crippen LogP contribution in [0.15, 0.2) is 0 Å². The molecular formula is C10H21N3. The van der Waals surface area contributed by atoms with Crippen LogP contribution in [-0.2, 0) is 0 Å². The van der Waals surface area contributed by atoms with E-state index in [0.29, 0.717) is 6.04 Å². The summed E-state index contributed by atoms with van der Waals surface area (Å²) in [6, 6.07) is 0.582. The molecule has 2 aliphatic rings. The van der Waals surface area contributed by atoms with Crippen molar-refractivity contribution >= 4 is 0 Å². The van der Waals surface area contributed by atoms with Gasteiger partial charge in [-0.25, -0.2) is 0 Å². The van der Waals surface area contributed by atoms with Crippen molar-refractivity contribution in [2.75, 3.05) is 20.1 Å². The Morgan fingerprint density at radius 2 is 2.08 bits per heavy atom. The Balaban J connectivity index is 1.88. The SMILES string of the molecule is CN1CCC(C(NN)C2CCC2)C1. The first-order valence-corrected chi connectivity index (χ1v) is 5.46. The van der Waals surface area contributed by atoms with E-state index < -0.39 is 0 Å². The van der Waals surface area contributed by atoms with Gasteiger partial charge in [-0.3, -0.25) is 11.3 Å². The zero-order valence-corrected chi connectivity index (χ0v) is 8.50. The van der Waals surface area contributed by atoms with Crippen LogP contribution in [0.25, 0.3) is 0 Å². The van der Waals surface area contributed by atoms with E-state index in [1.54, 1.807) is 0 Å². The van der Waals surface area contributed by atoms with Gasteiger partial charge in [-0.2, -0.15) is 0 Å². The van der Waals surface area contributed by atoms with E-state index >= 15 is 0 Å². The van der Waals surface area contributed by atoms with Crippen LogP contribution in [0.4, 0.5) is 0 Å². The summed E-state index contributed by atoms with van der Waals surface area (Å²) >= 11 is 0. The largest absolute Gasteiger partial charge is 0.306 e. The van der Waals surface area contributed by atoms with Gasteiger partial charge in [0.2, 0.25) is 0 Å². The number of hydrogen-bond acceptors (Lipinski definition) is 3. The molecule has 2 atom stereocenters. The summed E-state index contributed by atoms with van der Waals surface area (Å²) in [6.45, 7) is 2.47. The molecule has 0 aromatic carbocycles. The Labute approximate surface area is 80.6 Å². The van der Waals surface area contributed by atoms with Gasteiger partial charge in [0.05, 0.1) is 0 Å². The maximum atomic E-state index is 5.64. The molecule has 3 heteroatoms. The number of nitrogens with one attached hydrogen (secondary N) is 1. The Morgan fingerprint density at radius 3 is 2.46 bits per heavy atom. The lowest BCUT2D eigenvalue weighted by Crippen LogP contribution is -2.48. The molecule has 0 aromatic rings. The van der Waals surface area contributed by atoms with Gasteiger partial charge in [-0.15, -0.1) is 0 Å². The van der Waals surface area contributed by atoms with Crippen molar-refractivity contribution in [3.05, 3.63) is 0 Å². The fourth-order valence-electron chi connectivity index (χ4n) is 2.72. The first-order valence-electron chi connectivity index (χ1n) is 5.46. The van der Waals surface area contributed by atoms with E-state index in [0.717, 1.165) is 11.8 Å². The second-order valence-corrected chi connectivity index (χ2v) is 4.69. The summed E-state index contributed by atoms with van der Waals surface area (Å²) in [7, 11) is 2.20. The molecule has 1 saturated heterocycles. The third-order valence-corrected chi connectivity index (χ3v) is 3.79. The Morgan fingerprint density at radius 1 is 1.31 bits per heavy atom. The monoisotopic (exact) mass is 183 g/mol. The van der Waals surface area contributed by atoms with Gasteiger partial charge in [0.15, 0.2) is 0 Å². The lowest BCUT2D eigenvalue weighted by atomic mass is 9.75. The van der Waals surface area contributed by atoms with Crippen molar-refractivity contribution < 1.29 is 0 Å². The highest BCUT2D eigenvalue weighted by molar-refractivity contribution is 4.90. The van der Waals surface area contributed by atoms with E-state index in [4.69, 9.17) is 5.84 Å². The number of nitrogens with zero attached hydrogens (tertiary/aromatic N) is 1. The van der Waals surface area contributed by atoms with Gasteiger partial charge in [0, 0.05) is 12.6 Å². The number of hydrogen-bond donors (Lipinski definition) is 2. The molecule has 2 unspecified atom stereocenters. The zero-order valence-electron chi connectivity index (χ0n) is 8.50. The van der Waals surface area contributed by atoms with Gasteiger partial charge in [0.1, 0.15) is 0 Å². The van der Waals surface area contributed by atoms with Gasteiger partial charge in [-0.05, 0) is 44.7 Å². The molecule has 0 bridgehead atoms. The first-order chi connectivity index (χ1) is 6.31. The maximum Gasteiger partial charge on any atom is 0.0279 e. The smallest absolute Gasteiger partial charge is 0.0279 e. The highest BCUT2D eigenvalue weighted by atomic mass is 15.2. The van der Waals surface area contributed by atoms with Crippen LogP contribution >= 0.6 is 0 Å². The molecule has 1 aliphatic carbocycles. The van der Waals surface area contributed by atoms with Crippen LogP contribution in [-0.4, -0.2) is 31.1 Å². The second kappa shape index (κ2) is 3.95. The maximum absolute atomic E-state index is 5.64. The lowest BCUT2D eigenvalue weighted by Gasteiger charge is -2.36. The summed E-state index contributed by atoms with van der Waals surface area (Å²) in [5.74, 6) is 7.29. The van der Waals surface area contributed by atoms with Crippen LogP contribution in [0.2, 0.25) is 0 Å². The van der Waals surface area contributed by atoms with Gasteiger partial charge < -0.3 is 4.90 Å². The van der Waals surface area contributed by atoms with Crippen molar-refractivity contribution in [3.8, 4) is 0 Å². The predicted octanol–water partition coefficient (Wildman–Crippen LogP) is 0.570. The minimum Gasteiger partial charge on any atom is -0.306 e. The molecule has 76 valence electrons. The van der Waals surface area contributed by atoms with E-state index in [9.17, 15) is 0 Å². The van der Waals surface area contributed by atoms with E-state index in [1.165, 1.54) is 38.8 Å². The normalized spacial score (nSPS) is 33.2. The average molecular weight is 183 g/mol. The first kappa shape index (κ1) is 9.44. The molecule has 0 radical (unpaired) electrons. The van der Waals surface area contributed by atoms with Crippen molar-refractivity contribution in [2.24, 2.45) is 17.7 Å². The van der Waals surface area contributed by atoms with Crippen LogP contribution in [0.3, 0.4) is 0 Å². The Bertz CT molecular complexity index is 168. The predicted molar refractivity (Wildman–Crippen MR) is 54.1 cm³/mol. The molecule has 2 rings (SSSR count). The zero-order chi connectivity index (χ0) is 9.26. The van der Waals surface area contributed by atoms with Crippen molar-refractivity contribution in [1.82, 2.24) is 10.3 Å². The summed E-state index contributed by atoms with van der Waals surface area (Å²) in [6.07, 6.45) is 5.50. The summed E-state index contributed by atoms with van der Waals surface area (Å²) in [5.41, 5.74) is 3.04. The lowest BCUT2D eigenvalue weighted by molar-refractivity contribution is 0.175. The average Bonchev–Trinajstić information content (AvgIpc) is 2.43.